The first-order valence-corrected chi connectivity index (χ1v) is 9.83. The molecule has 0 spiro atoms. The van der Waals surface area contributed by atoms with Gasteiger partial charge in [-0.3, -0.25) is 4.79 Å². The van der Waals surface area contributed by atoms with Crippen molar-refractivity contribution >= 4 is 11.8 Å². The summed E-state index contributed by atoms with van der Waals surface area (Å²) in [5.74, 6) is 1.05. The number of carbonyl (C=O) groups excluding carboxylic acids is 1. The number of aliphatic hydroxyl groups excluding tert-OH is 1. The molecule has 0 unspecified atom stereocenters. The van der Waals surface area contributed by atoms with Gasteiger partial charge in [-0.05, 0) is 44.9 Å². The number of hydrogen-bond donors (Lipinski definition) is 1. The number of aliphatic hydroxyl groups is 1. The highest BCUT2D eigenvalue weighted by molar-refractivity contribution is 5.96. The Morgan fingerprint density at radius 2 is 2.21 bits per heavy atom. The van der Waals surface area contributed by atoms with Crippen LogP contribution in [-0.2, 0) is 9.53 Å². The van der Waals surface area contributed by atoms with Gasteiger partial charge in [0.15, 0.2) is 6.10 Å². The summed E-state index contributed by atoms with van der Waals surface area (Å²) in [6.45, 7) is 6.24. The molecule has 2 heterocycles. The van der Waals surface area contributed by atoms with Gasteiger partial charge in [-0.25, -0.2) is 5.01 Å². The summed E-state index contributed by atoms with van der Waals surface area (Å²) in [5, 5.41) is 26.2. The molecule has 148 valence electrons. The Hall–Kier alpha value is -2.59. The van der Waals surface area contributed by atoms with E-state index in [1.807, 2.05) is 0 Å². The van der Waals surface area contributed by atoms with Crippen LogP contribution in [0.15, 0.2) is 23.3 Å². The summed E-state index contributed by atoms with van der Waals surface area (Å²) in [5.41, 5.74) is 0.238. The predicted molar refractivity (Wildman–Crippen MR) is 101 cm³/mol. The van der Waals surface area contributed by atoms with E-state index in [2.05, 4.69) is 18.1 Å². The summed E-state index contributed by atoms with van der Waals surface area (Å²) in [4.78, 5) is 12.4. The third-order valence-corrected chi connectivity index (χ3v) is 5.69. The normalized spacial score (nSPS) is 29.8. The fourth-order valence-corrected chi connectivity index (χ4v) is 3.82. The molecule has 1 aliphatic carbocycles. The molecule has 0 saturated heterocycles. The molecular weight excluding hydrogens is 358 g/mol. The maximum absolute atomic E-state index is 12.4. The fourth-order valence-electron chi connectivity index (χ4n) is 3.82. The molecule has 1 saturated carbocycles. The molecule has 1 fully saturated rings. The first-order chi connectivity index (χ1) is 13.4. The third kappa shape index (κ3) is 3.12. The molecule has 3 aliphatic rings. The molecule has 4 rings (SSSR count). The number of hydrazone groups is 1. The Balaban J connectivity index is 1.67. The molecule has 7 nitrogen and oxygen atoms in total. The van der Waals surface area contributed by atoms with Gasteiger partial charge in [0, 0.05) is 18.0 Å². The highest BCUT2D eigenvalue weighted by Gasteiger charge is 2.54. The van der Waals surface area contributed by atoms with E-state index in [1.54, 1.807) is 32.0 Å². The van der Waals surface area contributed by atoms with E-state index in [4.69, 9.17) is 9.47 Å². The zero-order chi connectivity index (χ0) is 20.1. The van der Waals surface area contributed by atoms with Crippen LogP contribution in [0.3, 0.4) is 0 Å². The second-order valence-electron chi connectivity index (χ2n) is 8.26. The number of hydrogen-bond acceptors (Lipinski definition) is 6. The monoisotopic (exact) mass is 383 g/mol. The lowest BCUT2D eigenvalue weighted by Crippen LogP contribution is -2.50. The number of benzene rings is 1. The van der Waals surface area contributed by atoms with E-state index in [1.165, 1.54) is 5.01 Å². The van der Waals surface area contributed by atoms with E-state index in [-0.39, 0.29) is 17.7 Å². The lowest BCUT2D eigenvalue weighted by atomic mass is 9.87. The first kappa shape index (κ1) is 18.8. The van der Waals surface area contributed by atoms with Crippen molar-refractivity contribution in [2.45, 2.75) is 57.8 Å². The molecule has 28 heavy (non-hydrogen) atoms. The predicted octanol–water partition coefficient (Wildman–Crippen LogP) is 2.74. The molecule has 2 aliphatic heterocycles. The summed E-state index contributed by atoms with van der Waals surface area (Å²) in [7, 11) is 0. The Morgan fingerprint density at radius 1 is 1.43 bits per heavy atom. The fraction of sp³-hybridized carbons (Fsp3) is 0.571. The number of fused-ring (bicyclic) bond motifs is 2. The van der Waals surface area contributed by atoms with Crippen molar-refractivity contribution < 1.29 is 19.4 Å². The van der Waals surface area contributed by atoms with Crippen LogP contribution in [0.1, 0.15) is 57.3 Å². The van der Waals surface area contributed by atoms with E-state index < -0.39 is 17.8 Å². The van der Waals surface area contributed by atoms with Gasteiger partial charge in [0.25, 0.3) is 0 Å². The van der Waals surface area contributed by atoms with E-state index in [9.17, 15) is 15.2 Å². The molecule has 0 radical (unpaired) electrons. The molecule has 1 amide bonds. The molecule has 1 aromatic carbocycles. The van der Waals surface area contributed by atoms with Crippen LogP contribution in [0.25, 0.3) is 0 Å². The quantitative estimate of drug-likeness (QED) is 0.863. The standard InChI is InChI=1S/C21H25N3O4/c1-4-5-8-24-20(26)14-10-13(14)19(23-24)27-17-15-9-12(11-22)6-7-16(15)28-21(2,3)18(17)25/h6-7,9,13-14,17-18,25H,4-5,8,10H2,1-3H3/t13-,14+,17-,18+/m1/s1. The largest absolute Gasteiger partial charge is 0.485 e. The minimum Gasteiger partial charge on any atom is -0.485 e. The lowest BCUT2D eigenvalue weighted by Gasteiger charge is -2.42. The van der Waals surface area contributed by atoms with Crippen LogP contribution in [0, 0.1) is 23.2 Å². The second kappa shape index (κ2) is 6.78. The van der Waals surface area contributed by atoms with Crippen LogP contribution in [-0.4, -0.2) is 40.2 Å². The van der Waals surface area contributed by atoms with Gasteiger partial charge in [0.2, 0.25) is 11.8 Å². The number of carbonyl (C=O) groups is 1. The van der Waals surface area contributed by atoms with E-state index in [0.29, 0.717) is 29.3 Å². The summed E-state index contributed by atoms with van der Waals surface area (Å²) in [6, 6.07) is 7.22. The molecule has 0 aromatic heterocycles. The van der Waals surface area contributed by atoms with Crippen LogP contribution < -0.4 is 4.74 Å². The van der Waals surface area contributed by atoms with Crippen molar-refractivity contribution in [1.82, 2.24) is 5.01 Å². The Labute approximate surface area is 164 Å². The van der Waals surface area contributed by atoms with Gasteiger partial charge in [0.1, 0.15) is 17.5 Å². The van der Waals surface area contributed by atoms with Crippen molar-refractivity contribution in [3.8, 4) is 11.8 Å². The highest BCUT2D eigenvalue weighted by atomic mass is 16.5. The highest BCUT2D eigenvalue weighted by Crippen LogP contribution is 2.48. The Bertz CT molecular complexity index is 873. The summed E-state index contributed by atoms with van der Waals surface area (Å²) in [6.07, 6.45) is 0.916. The number of ether oxygens (including phenoxy) is 2. The Morgan fingerprint density at radius 3 is 2.93 bits per heavy atom. The summed E-state index contributed by atoms with van der Waals surface area (Å²) < 4.78 is 12.2. The van der Waals surface area contributed by atoms with Gasteiger partial charge in [0.05, 0.1) is 17.6 Å². The number of unbranched alkanes of at least 4 members (excludes halogenated alkanes) is 1. The average Bonchev–Trinajstić information content (AvgIpc) is 3.47. The number of amides is 1. The molecule has 4 atom stereocenters. The molecule has 1 aromatic rings. The van der Waals surface area contributed by atoms with Crippen molar-refractivity contribution in [3.05, 3.63) is 29.3 Å². The van der Waals surface area contributed by atoms with Gasteiger partial charge in [-0.1, -0.05) is 13.3 Å². The van der Waals surface area contributed by atoms with Gasteiger partial charge >= 0.3 is 0 Å². The summed E-state index contributed by atoms with van der Waals surface area (Å²) >= 11 is 0. The van der Waals surface area contributed by atoms with Crippen LogP contribution >= 0.6 is 0 Å². The van der Waals surface area contributed by atoms with Crippen molar-refractivity contribution in [1.29, 1.82) is 5.26 Å². The zero-order valence-electron chi connectivity index (χ0n) is 16.4. The van der Waals surface area contributed by atoms with Crippen LogP contribution in [0.5, 0.6) is 5.75 Å². The molecule has 7 heteroatoms. The maximum Gasteiger partial charge on any atom is 0.246 e. The average molecular weight is 383 g/mol. The van der Waals surface area contributed by atoms with Gasteiger partial charge < -0.3 is 14.6 Å². The first-order valence-electron chi connectivity index (χ1n) is 9.83. The van der Waals surface area contributed by atoms with E-state index in [0.717, 1.165) is 19.3 Å². The molecule has 0 bridgehead atoms. The van der Waals surface area contributed by atoms with Crippen molar-refractivity contribution in [2.75, 3.05) is 6.54 Å². The van der Waals surface area contributed by atoms with Crippen molar-refractivity contribution in [3.63, 3.8) is 0 Å². The lowest BCUT2D eigenvalue weighted by molar-refractivity contribution is -0.134. The SMILES string of the molecule is CCCCN1N=C(O[C@@H]2c3cc(C#N)ccc3OC(C)(C)[C@H]2O)[C@@H]2C[C@@H]2C1=O. The molecule has 1 N–H and O–H groups in total. The number of nitrogens with zero attached hydrogens (tertiary/aromatic N) is 3. The minimum absolute atomic E-state index is 0.0221. The minimum atomic E-state index is -0.949. The van der Waals surface area contributed by atoms with Crippen LogP contribution in [0.2, 0.25) is 0 Å². The second-order valence-corrected chi connectivity index (χ2v) is 8.26. The van der Waals surface area contributed by atoms with Gasteiger partial charge in [-0.15, -0.1) is 5.10 Å². The molecular formula is C21H25N3O4. The number of nitriles is 1. The smallest absolute Gasteiger partial charge is 0.246 e. The topological polar surface area (TPSA) is 95.2 Å². The third-order valence-electron chi connectivity index (χ3n) is 5.69. The van der Waals surface area contributed by atoms with Crippen LogP contribution in [0.4, 0.5) is 0 Å². The van der Waals surface area contributed by atoms with Gasteiger partial charge in [-0.2, -0.15) is 5.26 Å². The Kier molecular flexibility index (Phi) is 4.54. The maximum atomic E-state index is 12.4. The van der Waals surface area contributed by atoms with E-state index >= 15 is 0 Å². The number of rotatable bonds is 4. The van der Waals surface area contributed by atoms with Crippen molar-refractivity contribution in [2.24, 2.45) is 16.9 Å². The zero-order valence-corrected chi connectivity index (χ0v) is 16.4.